The summed E-state index contributed by atoms with van der Waals surface area (Å²) in [7, 11) is 0. The first-order valence-corrected chi connectivity index (χ1v) is 16.9. The minimum absolute atomic E-state index is 0.168. The van der Waals surface area contributed by atoms with E-state index in [1.54, 1.807) is 20.0 Å². The molecule has 10 rings (SSSR count). The van der Waals surface area contributed by atoms with Gasteiger partial charge in [-0.3, -0.25) is 4.79 Å². The highest BCUT2D eigenvalue weighted by atomic mass is 16.6. The topological polar surface area (TPSA) is 157 Å². The van der Waals surface area contributed by atoms with Crippen LogP contribution in [0.25, 0.3) is 50.6 Å². The van der Waals surface area contributed by atoms with Crippen LogP contribution in [-0.2, 0) is 21.4 Å². The van der Waals surface area contributed by atoms with Crippen LogP contribution in [0.3, 0.4) is 0 Å². The van der Waals surface area contributed by atoms with E-state index < -0.39 is 29.7 Å². The van der Waals surface area contributed by atoms with Crippen LogP contribution in [0.15, 0.2) is 81.4 Å². The fraction of sp³-hybridized carbons (Fsp3) is 0.231. The number of nitrogens with one attached hydrogen (secondary N) is 4. The number of hydrogen-bond donors (Lipinski definition) is 4. The summed E-state index contributed by atoms with van der Waals surface area (Å²) in [6.45, 7) is 7.23. The number of oxazole rings is 2. The smallest absolute Gasteiger partial charge is 0.408 e. The van der Waals surface area contributed by atoms with Gasteiger partial charge < -0.3 is 39.2 Å². The second-order valence-electron chi connectivity index (χ2n) is 13.9. The van der Waals surface area contributed by atoms with Crippen molar-refractivity contribution in [2.24, 2.45) is 0 Å². The summed E-state index contributed by atoms with van der Waals surface area (Å²) in [4.78, 5) is 40.1. The van der Waals surface area contributed by atoms with E-state index in [4.69, 9.17) is 28.3 Å². The Balaban J connectivity index is 1.30. The second kappa shape index (κ2) is 10.4. The van der Waals surface area contributed by atoms with Crippen molar-refractivity contribution in [1.82, 2.24) is 25.6 Å². The van der Waals surface area contributed by atoms with E-state index in [9.17, 15) is 9.59 Å². The Morgan fingerprint density at radius 3 is 2.71 bits per heavy atom. The van der Waals surface area contributed by atoms with Gasteiger partial charge in [0.1, 0.15) is 22.9 Å². The number of aromatic nitrogens is 3. The maximum atomic E-state index is 14.0. The maximum Gasteiger partial charge on any atom is 0.408 e. The summed E-state index contributed by atoms with van der Waals surface area (Å²) in [5.74, 6) is 1.66. The fourth-order valence-electron chi connectivity index (χ4n) is 8.04. The Morgan fingerprint density at radius 2 is 1.86 bits per heavy atom. The summed E-state index contributed by atoms with van der Waals surface area (Å²) < 4.78 is 25.7. The van der Waals surface area contributed by atoms with Gasteiger partial charge in [0, 0.05) is 51.5 Å². The molecule has 2 amide bonds. The highest BCUT2D eigenvalue weighted by Gasteiger charge is 2.61. The van der Waals surface area contributed by atoms with Crippen LogP contribution in [-0.4, -0.2) is 45.3 Å². The number of allylic oxidation sites excluding steroid dienone is 1. The predicted molar refractivity (Wildman–Crippen MR) is 188 cm³/mol. The third-order valence-corrected chi connectivity index (χ3v) is 10.2. The van der Waals surface area contributed by atoms with Crippen molar-refractivity contribution in [2.75, 3.05) is 5.32 Å². The van der Waals surface area contributed by atoms with Gasteiger partial charge in [-0.15, -0.1) is 0 Å². The van der Waals surface area contributed by atoms with Crippen molar-refractivity contribution in [3.8, 4) is 39.8 Å². The average molecular weight is 681 g/mol. The Morgan fingerprint density at radius 1 is 1.02 bits per heavy atom. The molecule has 3 atom stereocenters. The number of rotatable bonds is 2. The Hall–Kier alpha value is -6.30. The molecule has 254 valence electrons. The minimum Gasteiger partial charge on any atom is -0.469 e. The van der Waals surface area contributed by atoms with Crippen LogP contribution in [0.4, 0.5) is 10.5 Å². The van der Waals surface area contributed by atoms with Gasteiger partial charge >= 0.3 is 6.09 Å². The number of carbonyl (C=O) groups excluding carboxylic acids is 2. The van der Waals surface area contributed by atoms with Gasteiger partial charge in [-0.05, 0) is 56.5 Å². The molecular weight excluding hydrogens is 648 g/mol. The van der Waals surface area contributed by atoms with E-state index in [-0.39, 0.29) is 24.3 Å². The molecule has 0 saturated heterocycles. The first kappa shape index (κ1) is 29.6. The van der Waals surface area contributed by atoms with Crippen LogP contribution in [0.1, 0.15) is 56.0 Å². The molecule has 10 bridgehead atoms. The molecule has 0 aliphatic carbocycles. The number of benzene rings is 3. The molecule has 0 fully saturated rings. The van der Waals surface area contributed by atoms with Crippen LogP contribution >= 0.6 is 0 Å². The first-order chi connectivity index (χ1) is 24.7. The lowest BCUT2D eigenvalue weighted by Gasteiger charge is -2.28. The third kappa shape index (κ3) is 4.07. The number of fused-ring (bicyclic) bond motifs is 7. The van der Waals surface area contributed by atoms with Gasteiger partial charge in [0.15, 0.2) is 23.4 Å². The summed E-state index contributed by atoms with van der Waals surface area (Å²) in [5.41, 5.74) is 7.71. The van der Waals surface area contributed by atoms with Gasteiger partial charge in [-0.2, -0.15) is 0 Å². The maximum absolute atomic E-state index is 14.0. The number of anilines is 1. The highest BCUT2D eigenvalue weighted by Crippen LogP contribution is 2.61. The van der Waals surface area contributed by atoms with Crippen molar-refractivity contribution in [3.63, 3.8) is 0 Å². The summed E-state index contributed by atoms with van der Waals surface area (Å²) in [6.07, 6.45) is 2.13. The molecule has 12 nitrogen and oxygen atoms in total. The zero-order chi connectivity index (χ0) is 34.8. The standard InChI is InChI=1S/C39H32N6O6/c1-17(2)30-36-44-32-33(51-36)39-23-9-5-8-21(20-7-6-10-25-29(20)22(15-40-25)28-16-41-35(32)49-28)31(23)45-37(39)50-27-12-11-19(13-24(27)39)14-26(34(46)43-30)42-38(47)48-18(3)4/h5-13,15-16,18,26,37,40,45H,14H2,1-4H3,(H,42,47)(H,43,46). The van der Waals surface area contributed by atoms with Gasteiger partial charge in [-0.1, -0.05) is 42.5 Å². The number of ether oxygens (including phenoxy) is 2. The number of H-pyrrole nitrogens is 1. The lowest BCUT2D eigenvalue weighted by molar-refractivity contribution is -0.121. The van der Waals surface area contributed by atoms with Crippen molar-refractivity contribution in [3.05, 3.63) is 101 Å². The molecule has 3 aromatic heterocycles. The summed E-state index contributed by atoms with van der Waals surface area (Å²) >= 11 is 0. The number of amides is 2. The minimum atomic E-state index is -1.06. The largest absolute Gasteiger partial charge is 0.469 e. The number of hydrogen-bond acceptors (Lipinski definition) is 9. The van der Waals surface area contributed by atoms with Gasteiger partial charge in [-0.25, -0.2) is 14.8 Å². The Labute approximate surface area is 291 Å². The van der Waals surface area contributed by atoms with E-state index in [0.29, 0.717) is 28.7 Å². The van der Waals surface area contributed by atoms with E-state index in [1.165, 1.54) is 0 Å². The number of para-hydroxylation sites is 1. The fourth-order valence-corrected chi connectivity index (χ4v) is 8.04. The molecule has 6 aromatic rings. The molecule has 4 N–H and O–H groups in total. The average Bonchev–Trinajstić information content (AvgIpc) is 3.92. The molecule has 4 aliphatic heterocycles. The van der Waals surface area contributed by atoms with E-state index >= 15 is 0 Å². The molecule has 1 spiro atoms. The van der Waals surface area contributed by atoms with Crippen LogP contribution in [0.5, 0.6) is 5.75 Å². The molecule has 0 radical (unpaired) electrons. The molecule has 7 heterocycles. The molecule has 3 unspecified atom stereocenters. The molecule has 0 saturated carbocycles. The SMILES string of the molecule is CC(C)=C1NC(=O)C(NC(=O)OC(C)C)Cc2ccc3c(c2)C24c5cccc(c5NC2O3)-c2cccc3[nH]cc(c23)-c2cnc(o2)-c2nc1oc24. The van der Waals surface area contributed by atoms with Crippen molar-refractivity contribution in [1.29, 1.82) is 0 Å². The predicted octanol–water partition coefficient (Wildman–Crippen LogP) is 6.86. The first-order valence-electron chi connectivity index (χ1n) is 16.9. The highest BCUT2D eigenvalue weighted by molar-refractivity contribution is 6.07. The van der Waals surface area contributed by atoms with Gasteiger partial charge in [0.25, 0.3) is 0 Å². The Bertz CT molecular complexity index is 2520. The third-order valence-electron chi connectivity index (χ3n) is 10.2. The van der Waals surface area contributed by atoms with Gasteiger partial charge in [0.2, 0.25) is 17.7 Å². The van der Waals surface area contributed by atoms with Crippen molar-refractivity contribution >= 4 is 34.3 Å². The van der Waals surface area contributed by atoms with Crippen molar-refractivity contribution in [2.45, 2.75) is 57.9 Å². The lowest BCUT2D eigenvalue weighted by atomic mass is 9.72. The quantitative estimate of drug-likeness (QED) is 0.153. The zero-order valence-electron chi connectivity index (χ0n) is 28.1. The van der Waals surface area contributed by atoms with Crippen LogP contribution in [0.2, 0.25) is 0 Å². The van der Waals surface area contributed by atoms with Gasteiger partial charge in [0.05, 0.1) is 12.3 Å². The monoisotopic (exact) mass is 680 g/mol. The number of aromatic amines is 1. The zero-order valence-corrected chi connectivity index (χ0v) is 28.1. The lowest BCUT2D eigenvalue weighted by Crippen LogP contribution is -2.48. The normalized spacial score (nSPS) is 20.5. The molecule has 3 aromatic carbocycles. The second-order valence-corrected chi connectivity index (χ2v) is 13.9. The van der Waals surface area contributed by atoms with Crippen LogP contribution < -0.4 is 20.7 Å². The molecule has 51 heavy (non-hydrogen) atoms. The number of carbonyl (C=O) groups is 2. The Kier molecular flexibility index (Phi) is 6.01. The van der Waals surface area contributed by atoms with E-state index in [1.807, 2.05) is 50.4 Å². The summed E-state index contributed by atoms with van der Waals surface area (Å²) in [5, 5.41) is 10.6. The van der Waals surface area contributed by atoms with E-state index in [2.05, 4.69) is 45.2 Å². The van der Waals surface area contributed by atoms with Crippen molar-refractivity contribution < 1.29 is 27.9 Å². The molecular formula is C39H32N6O6. The number of alkyl carbamates (subject to hydrolysis) is 1. The molecule has 12 heteroatoms. The number of nitrogens with zero attached hydrogens (tertiary/aromatic N) is 2. The van der Waals surface area contributed by atoms with Crippen LogP contribution in [0, 0.1) is 0 Å². The molecule has 4 aliphatic rings. The summed E-state index contributed by atoms with van der Waals surface area (Å²) in [6, 6.07) is 17.3. The van der Waals surface area contributed by atoms with E-state index in [0.717, 1.165) is 55.5 Å².